The lowest BCUT2D eigenvalue weighted by atomic mass is 10.2. The van der Waals surface area contributed by atoms with Crippen LogP contribution in [0, 0.1) is 0 Å². The molecule has 0 fully saturated rings. The van der Waals surface area contributed by atoms with Crippen molar-refractivity contribution in [2.45, 2.75) is 13.3 Å². The molecule has 1 amide bonds. The predicted octanol–water partition coefficient (Wildman–Crippen LogP) is 3.35. The molecule has 98 valence electrons. The number of carbonyl (C=O) groups is 1. The molecule has 0 aliphatic rings. The third-order valence-electron chi connectivity index (χ3n) is 2.29. The van der Waals surface area contributed by atoms with Gasteiger partial charge in [0.25, 0.3) is 5.91 Å². The number of carbonyl (C=O) groups excluding carboxylic acids is 1. The molecule has 0 aliphatic heterocycles. The number of rotatable bonds is 5. The molecule has 0 saturated carbocycles. The van der Waals surface area contributed by atoms with Crippen LogP contribution in [0.5, 0.6) is 0 Å². The second-order valence-electron chi connectivity index (χ2n) is 3.82. The maximum atomic E-state index is 12.4. The second kappa shape index (κ2) is 7.21. The van der Waals surface area contributed by atoms with Gasteiger partial charge < -0.3 is 10.6 Å². The molecule has 1 rings (SSSR count). The van der Waals surface area contributed by atoms with Gasteiger partial charge in [-0.25, -0.2) is 0 Å². The van der Waals surface area contributed by atoms with E-state index in [1.807, 2.05) is 19.1 Å². The van der Waals surface area contributed by atoms with E-state index in [1.165, 1.54) is 0 Å². The Morgan fingerprint density at radius 3 is 2.61 bits per heavy atom. The molecule has 0 bridgehead atoms. The van der Waals surface area contributed by atoms with Crippen molar-refractivity contribution in [2.24, 2.45) is 5.73 Å². The molecule has 1 aromatic rings. The zero-order valence-electron chi connectivity index (χ0n) is 9.95. The molecule has 0 spiro atoms. The van der Waals surface area contributed by atoms with Crippen LogP contribution in [0.15, 0.2) is 27.1 Å². The summed E-state index contributed by atoms with van der Waals surface area (Å²) in [7, 11) is 0. The fourth-order valence-corrected chi connectivity index (χ4v) is 2.92. The Bertz CT molecular complexity index is 465. The summed E-state index contributed by atoms with van der Waals surface area (Å²) in [4.78, 5) is 14.4. The van der Waals surface area contributed by atoms with Gasteiger partial charge in [-0.15, -0.1) is 0 Å². The molecule has 2 N–H and O–H groups in total. The summed E-state index contributed by atoms with van der Waals surface area (Å²) in [6.45, 7) is 2.96. The van der Waals surface area contributed by atoms with Crippen LogP contribution in [-0.4, -0.2) is 28.9 Å². The van der Waals surface area contributed by atoms with Crippen LogP contribution < -0.4 is 5.73 Å². The topological polar surface area (TPSA) is 46.3 Å². The molecule has 3 nitrogen and oxygen atoms in total. The quantitative estimate of drug-likeness (QED) is 0.780. The van der Waals surface area contributed by atoms with E-state index >= 15 is 0 Å². The molecule has 6 heteroatoms. The Morgan fingerprint density at radius 1 is 1.44 bits per heavy atom. The number of nitrogens with two attached hydrogens (primary N) is 1. The number of nitrogens with zero attached hydrogens (tertiary/aromatic N) is 1. The lowest BCUT2D eigenvalue weighted by Gasteiger charge is -2.22. The molecule has 0 heterocycles. The summed E-state index contributed by atoms with van der Waals surface area (Å²) in [6, 6.07) is 5.46. The minimum absolute atomic E-state index is 0.0657. The van der Waals surface area contributed by atoms with Crippen LogP contribution in [-0.2, 0) is 0 Å². The van der Waals surface area contributed by atoms with Gasteiger partial charge in [0, 0.05) is 15.5 Å². The fourth-order valence-electron chi connectivity index (χ4n) is 1.54. The molecule has 0 aromatic heterocycles. The van der Waals surface area contributed by atoms with Crippen molar-refractivity contribution < 1.29 is 4.79 Å². The molecule has 0 atom stereocenters. The Balaban J connectivity index is 2.97. The van der Waals surface area contributed by atoms with Crippen molar-refractivity contribution in [1.82, 2.24) is 4.90 Å². The van der Waals surface area contributed by atoms with Gasteiger partial charge in [0.2, 0.25) is 0 Å². The molecule has 18 heavy (non-hydrogen) atoms. The summed E-state index contributed by atoms with van der Waals surface area (Å²) in [5.74, 6) is -0.0657. The van der Waals surface area contributed by atoms with Crippen LogP contribution in [0.1, 0.15) is 23.7 Å². The molecule has 0 aliphatic carbocycles. The monoisotopic (exact) mass is 392 g/mol. The molecular weight excluding hydrogens is 380 g/mol. The van der Waals surface area contributed by atoms with Crippen LogP contribution in [0.4, 0.5) is 0 Å². The van der Waals surface area contributed by atoms with Crippen LogP contribution >= 0.6 is 44.1 Å². The summed E-state index contributed by atoms with van der Waals surface area (Å²) in [5.41, 5.74) is 6.13. The maximum absolute atomic E-state index is 12.4. The van der Waals surface area contributed by atoms with Gasteiger partial charge in [-0.3, -0.25) is 4.79 Å². The summed E-state index contributed by atoms with van der Waals surface area (Å²) < 4.78 is 1.67. The highest BCUT2D eigenvalue weighted by atomic mass is 79.9. The van der Waals surface area contributed by atoms with Gasteiger partial charge in [-0.2, -0.15) is 0 Å². The van der Waals surface area contributed by atoms with E-state index in [2.05, 4.69) is 31.9 Å². The van der Waals surface area contributed by atoms with Crippen molar-refractivity contribution in [3.05, 3.63) is 32.7 Å². The zero-order chi connectivity index (χ0) is 13.7. The van der Waals surface area contributed by atoms with E-state index < -0.39 is 0 Å². The standard InChI is InChI=1S/C12H14Br2N2OS/c1-2-5-16(7-11(15)18)12(17)9-4-3-8(13)6-10(9)14/h3-4,6H,2,5,7H2,1H3,(H2,15,18). The predicted molar refractivity (Wildman–Crippen MR) is 84.8 cm³/mol. The number of hydrogen-bond donors (Lipinski definition) is 1. The number of thiocarbonyl (C=S) groups is 1. The highest BCUT2D eigenvalue weighted by molar-refractivity contribution is 9.11. The molecule has 0 unspecified atom stereocenters. The number of hydrogen-bond acceptors (Lipinski definition) is 2. The van der Waals surface area contributed by atoms with E-state index in [4.69, 9.17) is 18.0 Å². The minimum Gasteiger partial charge on any atom is -0.392 e. The van der Waals surface area contributed by atoms with Crippen LogP contribution in [0.3, 0.4) is 0 Å². The number of halogens is 2. The average molecular weight is 394 g/mol. The normalized spacial score (nSPS) is 10.2. The first kappa shape index (κ1) is 15.6. The van der Waals surface area contributed by atoms with Gasteiger partial charge in [-0.05, 0) is 40.5 Å². The highest BCUT2D eigenvalue weighted by Crippen LogP contribution is 2.23. The van der Waals surface area contributed by atoms with Gasteiger partial charge in [0.1, 0.15) is 0 Å². The second-order valence-corrected chi connectivity index (χ2v) is 6.11. The molecular formula is C12H14Br2N2OS. The van der Waals surface area contributed by atoms with Crippen molar-refractivity contribution in [2.75, 3.05) is 13.1 Å². The summed E-state index contributed by atoms with van der Waals surface area (Å²) in [5, 5.41) is 0. The lowest BCUT2D eigenvalue weighted by Crippen LogP contribution is -2.38. The highest BCUT2D eigenvalue weighted by Gasteiger charge is 2.18. The van der Waals surface area contributed by atoms with E-state index in [0.717, 1.165) is 15.4 Å². The van der Waals surface area contributed by atoms with Gasteiger partial charge in [-0.1, -0.05) is 35.1 Å². The smallest absolute Gasteiger partial charge is 0.255 e. The Morgan fingerprint density at radius 2 is 2.11 bits per heavy atom. The van der Waals surface area contributed by atoms with Crippen molar-refractivity contribution >= 4 is 55.0 Å². The Labute approximate surface area is 129 Å². The average Bonchev–Trinajstić information content (AvgIpc) is 2.27. The van der Waals surface area contributed by atoms with Gasteiger partial charge in [0.05, 0.1) is 17.1 Å². The van der Waals surface area contributed by atoms with Crippen molar-refractivity contribution in [1.29, 1.82) is 0 Å². The molecule has 0 saturated heterocycles. The zero-order valence-corrected chi connectivity index (χ0v) is 13.9. The van der Waals surface area contributed by atoms with E-state index in [0.29, 0.717) is 23.6 Å². The molecule has 1 aromatic carbocycles. The van der Waals surface area contributed by atoms with Gasteiger partial charge >= 0.3 is 0 Å². The van der Waals surface area contributed by atoms with E-state index in [-0.39, 0.29) is 5.91 Å². The first-order valence-electron chi connectivity index (χ1n) is 5.48. The number of amides is 1. The van der Waals surface area contributed by atoms with Crippen LogP contribution in [0.2, 0.25) is 0 Å². The number of benzene rings is 1. The lowest BCUT2D eigenvalue weighted by molar-refractivity contribution is 0.0779. The first-order chi connectivity index (χ1) is 8.45. The van der Waals surface area contributed by atoms with Crippen molar-refractivity contribution in [3.63, 3.8) is 0 Å². The third-order valence-corrected chi connectivity index (χ3v) is 3.57. The Kier molecular flexibility index (Phi) is 6.25. The minimum atomic E-state index is -0.0657. The Hall–Kier alpha value is -0.460. The van der Waals surface area contributed by atoms with Crippen molar-refractivity contribution in [3.8, 4) is 0 Å². The maximum Gasteiger partial charge on any atom is 0.255 e. The molecule has 0 radical (unpaired) electrons. The third kappa shape index (κ3) is 4.33. The van der Waals surface area contributed by atoms with Crippen LogP contribution in [0.25, 0.3) is 0 Å². The first-order valence-corrected chi connectivity index (χ1v) is 7.47. The van der Waals surface area contributed by atoms with Gasteiger partial charge in [0.15, 0.2) is 0 Å². The fraction of sp³-hybridized carbons (Fsp3) is 0.333. The summed E-state index contributed by atoms with van der Waals surface area (Å²) in [6.07, 6.45) is 0.864. The summed E-state index contributed by atoms with van der Waals surface area (Å²) >= 11 is 11.6. The van der Waals surface area contributed by atoms with E-state index in [1.54, 1.807) is 11.0 Å². The SMILES string of the molecule is CCCN(CC(N)=S)C(=O)c1ccc(Br)cc1Br. The largest absolute Gasteiger partial charge is 0.392 e. The van der Waals surface area contributed by atoms with E-state index in [9.17, 15) is 4.79 Å².